The summed E-state index contributed by atoms with van der Waals surface area (Å²) >= 11 is 0. The molecule has 0 aliphatic carbocycles. The summed E-state index contributed by atoms with van der Waals surface area (Å²) in [7, 11) is 1.48. The third kappa shape index (κ3) is 6.48. The third-order valence-electron chi connectivity index (χ3n) is 5.07. The average molecular weight is 475 g/mol. The number of hydrogen-bond donors (Lipinski definition) is 1. The maximum absolute atomic E-state index is 12.4. The number of amides is 1. The number of benzene rings is 2. The van der Waals surface area contributed by atoms with Crippen molar-refractivity contribution in [2.75, 3.05) is 25.6 Å². The van der Waals surface area contributed by atoms with Crippen LogP contribution in [0.1, 0.15) is 22.5 Å². The van der Waals surface area contributed by atoms with Gasteiger partial charge >= 0.3 is 5.97 Å². The molecule has 0 saturated carbocycles. The molecular formula is C26H26N4O5. The predicted molar refractivity (Wildman–Crippen MR) is 130 cm³/mol. The number of nitrogens with zero attached hydrogens (tertiary/aromatic N) is 3. The van der Waals surface area contributed by atoms with Crippen molar-refractivity contribution in [1.82, 2.24) is 9.78 Å². The molecule has 0 spiro atoms. The Morgan fingerprint density at radius 2 is 1.86 bits per heavy atom. The van der Waals surface area contributed by atoms with Gasteiger partial charge in [0.05, 0.1) is 29.9 Å². The topological polar surface area (TPSA) is 115 Å². The van der Waals surface area contributed by atoms with Gasteiger partial charge in [-0.3, -0.25) is 4.79 Å². The van der Waals surface area contributed by atoms with E-state index in [-0.39, 0.29) is 6.61 Å². The number of anilines is 1. The van der Waals surface area contributed by atoms with Gasteiger partial charge in [0.1, 0.15) is 6.07 Å². The lowest BCUT2D eigenvalue weighted by Crippen LogP contribution is -2.20. The molecule has 0 radical (unpaired) electrons. The van der Waals surface area contributed by atoms with Crippen LogP contribution in [0.2, 0.25) is 0 Å². The molecule has 180 valence electrons. The quantitative estimate of drug-likeness (QED) is 0.369. The number of methoxy groups -OCH3 is 1. The van der Waals surface area contributed by atoms with E-state index < -0.39 is 18.5 Å². The Labute approximate surface area is 203 Å². The first-order chi connectivity index (χ1) is 16.8. The van der Waals surface area contributed by atoms with Crippen LogP contribution in [0.4, 0.5) is 5.69 Å². The van der Waals surface area contributed by atoms with Crippen LogP contribution in [0.15, 0.2) is 48.5 Å². The second-order valence-electron chi connectivity index (χ2n) is 7.64. The minimum absolute atomic E-state index is 0.105. The van der Waals surface area contributed by atoms with Gasteiger partial charge in [-0.2, -0.15) is 10.4 Å². The van der Waals surface area contributed by atoms with Crippen LogP contribution in [0.3, 0.4) is 0 Å². The van der Waals surface area contributed by atoms with E-state index >= 15 is 0 Å². The highest BCUT2D eigenvalue weighted by atomic mass is 16.5. The fourth-order valence-electron chi connectivity index (χ4n) is 3.30. The van der Waals surface area contributed by atoms with Crippen LogP contribution >= 0.6 is 0 Å². The molecule has 0 unspecified atom stereocenters. The normalized spacial score (nSPS) is 10.6. The first-order valence-electron chi connectivity index (χ1n) is 10.8. The molecule has 9 heteroatoms. The summed E-state index contributed by atoms with van der Waals surface area (Å²) in [6, 6.07) is 14.8. The zero-order chi connectivity index (χ0) is 25.4. The van der Waals surface area contributed by atoms with E-state index in [9.17, 15) is 9.59 Å². The number of nitriles is 1. The summed E-state index contributed by atoms with van der Waals surface area (Å²) < 4.78 is 17.3. The molecule has 0 aliphatic heterocycles. The van der Waals surface area contributed by atoms with E-state index in [4.69, 9.17) is 19.5 Å². The molecule has 0 aliphatic rings. The molecule has 0 fully saturated rings. The van der Waals surface area contributed by atoms with Gasteiger partial charge in [-0.05, 0) is 56.7 Å². The van der Waals surface area contributed by atoms with E-state index in [1.54, 1.807) is 29.8 Å². The van der Waals surface area contributed by atoms with E-state index in [0.29, 0.717) is 28.4 Å². The van der Waals surface area contributed by atoms with Crippen molar-refractivity contribution in [2.24, 2.45) is 0 Å². The minimum atomic E-state index is -0.673. The molecule has 1 aromatic heterocycles. The number of rotatable bonds is 9. The highest BCUT2D eigenvalue weighted by Gasteiger charge is 2.16. The lowest BCUT2D eigenvalue weighted by atomic mass is 10.2. The van der Waals surface area contributed by atoms with Crippen molar-refractivity contribution in [3.63, 3.8) is 0 Å². The Kier molecular flexibility index (Phi) is 8.24. The van der Waals surface area contributed by atoms with Crippen LogP contribution in [0.25, 0.3) is 11.8 Å². The Balaban J connectivity index is 1.57. The maximum Gasteiger partial charge on any atom is 0.331 e. The average Bonchev–Trinajstić information content (AvgIpc) is 3.13. The zero-order valence-electron chi connectivity index (χ0n) is 20.0. The van der Waals surface area contributed by atoms with Gasteiger partial charge < -0.3 is 19.5 Å². The molecule has 0 saturated heterocycles. The van der Waals surface area contributed by atoms with Gasteiger partial charge in [0.15, 0.2) is 24.7 Å². The van der Waals surface area contributed by atoms with E-state index in [2.05, 4.69) is 10.4 Å². The summed E-state index contributed by atoms with van der Waals surface area (Å²) in [5.74, 6) is -0.302. The molecule has 1 heterocycles. The molecule has 0 bridgehead atoms. The zero-order valence-corrected chi connectivity index (χ0v) is 20.0. The second kappa shape index (κ2) is 11.5. The molecule has 1 N–H and O–H groups in total. The Bertz CT molecular complexity index is 1290. The van der Waals surface area contributed by atoms with Crippen molar-refractivity contribution in [3.05, 3.63) is 71.1 Å². The Morgan fingerprint density at radius 3 is 2.54 bits per heavy atom. The Morgan fingerprint density at radius 1 is 1.11 bits per heavy atom. The first-order valence-corrected chi connectivity index (χ1v) is 10.8. The maximum atomic E-state index is 12.4. The molecule has 2 aromatic carbocycles. The van der Waals surface area contributed by atoms with Crippen LogP contribution in [-0.2, 0) is 14.3 Å². The standard InChI is InChI=1S/C26H26N4O5/c1-17-5-9-21(10-6-17)30-19(3)26(18(2)29-30)28-24(31)16-35-25(32)12-8-20-7-11-22(34-14-13-27)23(15-20)33-4/h5-12,15H,14,16H2,1-4H3,(H,28,31)/b12-8+. The van der Waals surface area contributed by atoms with Crippen molar-refractivity contribution in [1.29, 1.82) is 5.26 Å². The first kappa shape index (κ1) is 25.1. The number of hydrogen-bond acceptors (Lipinski definition) is 7. The monoisotopic (exact) mass is 474 g/mol. The summed E-state index contributed by atoms with van der Waals surface area (Å²) in [6.45, 7) is 5.11. The molecule has 3 aromatic rings. The van der Waals surface area contributed by atoms with Crippen molar-refractivity contribution in [2.45, 2.75) is 20.8 Å². The van der Waals surface area contributed by atoms with Gasteiger partial charge in [0.25, 0.3) is 5.91 Å². The summed E-state index contributed by atoms with van der Waals surface area (Å²) in [6.07, 6.45) is 2.74. The number of esters is 1. The number of nitrogens with one attached hydrogen (secondary N) is 1. The molecule has 35 heavy (non-hydrogen) atoms. The van der Waals surface area contributed by atoms with Gasteiger partial charge in [0, 0.05) is 6.08 Å². The molecular weight excluding hydrogens is 448 g/mol. The number of ether oxygens (including phenoxy) is 3. The van der Waals surface area contributed by atoms with Crippen LogP contribution in [0, 0.1) is 32.1 Å². The van der Waals surface area contributed by atoms with E-state index in [1.807, 2.05) is 44.2 Å². The fourth-order valence-corrected chi connectivity index (χ4v) is 3.30. The van der Waals surface area contributed by atoms with Gasteiger partial charge in [-0.25, -0.2) is 9.48 Å². The SMILES string of the molecule is COc1cc(/C=C/C(=O)OCC(=O)Nc2c(C)nn(-c3ccc(C)cc3)c2C)ccc1OCC#N. The van der Waals surface area contributed by atoms with Crippen LogP contribution in [0.5, 0.6) is 11.5 Å². The minimum Gasteiger partial charge on any atom is -0.493 e. The lowest BCUT2D eigenvalue weighted by molar-refractivity contribution is -0.142. The molecule has 0 atom stereocenters. The largest absolute Gasteiger partial charge is 0.493 e. The predicted octanol–water partition coefficient (Wildman–Crippen LogP) is 3.90. The van der Waals surface area contributed by atoms with E-state index in [0.717, 1.165) is 16.9 Å². The van der Waals surface area contributed by atoms with Gasteiger partial charge in [-0.15, -0.1) is 0 Å². The van der Waals surface area contributed by atoms with Crippen molar-refractivity contribution < 1.29 is 23.8 Å². The number of carbonyl (C=O) groups is 2. The highest BCUT2D eigenvalue weighted by Crippen LogP contribution is 2.28. The summed E-state index contributed by atoms with van der Waals surface area (Å²) in [5, 5.41) is 15.9. The molecule has 9 nitrogen and oxygen atoms in total. The van der Waals surface area contributed by atoms with Crippen LogP contribution < -0.4 is 14.8 Å². The number of carbonyl (C=O) groups excluding carboxylic acids is 2. The smallest absolute Gasteiger partial charge is 0.331 e. The van der Waals surface area contributed by atoms with Crippen molar-refractivity contribution >= 4 is 23.6 Å². The number of aromatic nitrogens is 2. The highest BCUT2D eigenvalue weighted by molar-refractivity contribution is 5.95. The number of aryl methyl sites for hydroxylation is 2. The third-order valence-corrected chi connectivity index (χ3v) is 5.07. The Hall–Kier alpha value is -4.58. The van der Waals surface area contributed by atoms with E-state index in [1.165, 1.54) is 19.3 Å². The fraction of sp³-hybridized carbons (Fsp3) is 0.231. The summed E-state index contributed by atoms with van der Waals surface area (Å²) in [5.41, 5.74) is 4.67. The second-order valence-corrected chi connectivity index (χ2v) is 7.64. The van der Waals surface area contributed by atoms with Crippen LogP contribution in [-0.4, -0.2) is 42.0 Å². The lowest BCUT2D eigenvalue weighted by Gasteiger charge is -2.09. The van der Waals surface area contributed by atoms with Gasteiger partial charge in [-0.1, -0.05) is 23.8 Å². The summed E-state index contributed by atoms with van der Waals surface area (Å²) in [4.78, 5) is 24.5. The van der Waals surface area contributed by atoms with Crippen molar-refractivity contribution in [3.8, 4) is 23.3 Å². The molecule has 1 amide bonds. The molecule has 3 rings (SSSR count). The van der Waals surface area contributed by atoms with Gasteiger partial charge in [0.2, 0.25) is 0 Å².